The molecule has 2 aromatic carbocycles. The average Bonchev–Trinajstić information content (AvgIpc) is 2.68. The van der Waals surface area contributed by atoms with Crippen molar-refractivity contribution >= 4 is 33.4 Å². The van der Waals surface area contributed by atoms with Crippen molar-refractivity contribution in [1.82, 2.24) is 4.31 Å². The number of rotatable bonds is 9. The third-order valence-electron chi connectivity index (χ3n) is 4.18. The fourth-order valence-electron chi connectivity index (χ4n) is 2.54. The SMILES string of the molecule is CCN(CC)S(=O)(=O)c1ccc(NC(=O)[C@@H](C)SCc2ccccc2)cc1. The Kier molecular flexibility index (Phi) is 7.89. The predicted molar refractivity (Wildman–Crippen MR) is 112 cm³/mol. The van der Waals surface area contributed by atoms with E-state index in [1.807, 2.05) is 51.1 Å². The van der Waals surface area contributed by atoms with Crippen molar-refractivity contribution in [2.24, 2.45) is 0 Å². The number of nitrogens with zero attached hydrogens (tertiary/aromatic N) is 1. The molecule has 0 fully saturated rings. The van der Waals surface area contributed by atoms with Gasteiger partial charge in [-0.15, -0.1) is 11.8 Å². The van der Waals surface area contributed by atoms with E-state index >= 15 is 0 Å². The lowest BCUT2D eigenvalue weighted by Gasteiger charge is -2.18. The summed E-state index contributed by atoms with van der Waals surface area (Å²) in [5, 5.41) is 2.63. The van der Waals surface area contributed by atoms with Crippen molar-refractivity contribution in [3.05, 3.63) is 60.2 Å². The second-order valence-corrected chi connectivity index (χ2v) is 9.31. The Labute approximate surface area is 166 Å². The molecule has 5 nitrogen and oxygen atoms in total. The Morgan fingerprint density at radius 1 is 1.04 bits per heavy atom. The van der Waals surface area contributed by atoms with E-state index in [0.717, 1.165) is 5.75 Å². The highest BCUT2D eigenvalue weighted by molar-refractivity contribution is 7.99. The molecular formula is C20H26N2O3S2. The van der Waals surface area contributed by atoms with Crippen LogP contribution in [0.4, 0.5) is 5.69 Å². The molecule has 0 aliphatic heterocycles. The second-order valence-electron chi connectivity index (χ2n) is 6.04. The summed E-state index contributed by atoms with van der Waals surface area (Å²) in [5.41, 5.74) is 1.76. The molecule has 27 heavy (non-hydrogen) atoms. The van der Waals surface area contributed by atoms with Gasteiger partial charge in [-0.1, -0.05) is 44.2 Å². The maximum Gasteiger partial charge on any atom is 0.243 e. The average molecular weight is 407 g/mol. The van der Waals surface area contributed by atoms with Gasteiger partial charge in [0.1, 0.15) is 0 Å². The van der Waals surface area contributed by atoms with E-state index in [9.17, 15) is 13.2 Å². The number of carbonyl (C=O) groups excluding carboxylic acids is 1. The molecule has 1 N–H and O–H groups in total. The molecule has 0 radical (unpaired) electrons. The van der Waals surface area contributed by atoms with Gasteiger partial charge in [0.05, 0.1) is 10.1 Å². The number of nitrogens with one attached hydrogen (secondary N) is 1. The van der Waals surface area contributed by atoms with Crippen LogP contribution in [0, 0.1) is 0 Å². The first kappa shape index (κ1) is 21.5. The van der Waals surface area contributed by atoms with Gasteiger partial charge < -0.3 is 5.32 Å². The predicted octanol–water partition coefficient (Wildman–Crippen LogP) is 3.98. The molecule has 0 aliphatic carbocycles. The molecule has 2 rings (SSSR count). The summed E-state index contributed by atoms with van der Waals surface area (Å²) in [6, 6.07) is 16.3. The maximum atomic E-state index is 12.5. The molecule has 0 aliphatic rings. The highest BCUT2D eigenvalue weighted by Gasteiger charge is 2.21. The van der Waals surface area contributed by atoms with Crippen molar-refractivity contribution < 1.29 is 13.2 Å². The standard InChI is InChI=1S/C20H26N2O3S2/c1-4-22(5-2)27(24,25)19-13-11-18(12-14-19)21-20(23)16(3)26-15-17-9-7-6-8-10-17/h6-14,16H,4-5,15H2,1-3H3,(H,21,23)/t16-/m1/s1. The van der Waals surface area contributed by atoms with Gasteiger partial charge in [-0.3, -0.25) is 4.79 Å². The number of hydrogen-bond donors (Lipinski definition) is 1. The Balaban J connectivity index is 1.96. The van der Waals surface area contributed by atoms with Crippen LogP contribution in [-0.2, 0) is 20.6 Å². The van der Waals surface area contributed by atoms with Crippen molar-refractivity contribution in [2.45, 2.75) is 36.7 Å². The van der Waals surface area contributed by atoms with Gasteiger partial charge in [-0.2, -0.15) is 4.31 Å². The minimum Gasteiger partial charge on any atom is -0.325 e. The summed E-state index contributed by atoms with van der Waals surface area (Å²) in [6.07, 6.45) is 0. The van der Waals surface area contributed by atoms with Crippen LogP contribution >= 0.6 is 11.8 Å². The lowest BCUT2D eigenvalue weighted by molar-refractivity contribution is -0.115. The lowest BCUT2D eigenvalue weighted by Crippen LogP contribution is -2.30. The van der Waals surface area contributed by atoms with Crippen LogP contribution in [-0.4, -0.2) is 37.0 Å². The zero-order chi connectivity index (χ0) is 19.9. The summed E-state index contributed by atoms with van der Waals surface area (Å²) in [6.45, 7) is 6.33. The third-order valence-corrected chi connectivity index (χ3v) is 7.46. The van der Waals surface area contributed by atoms with Crippen LogP contribution in [0.1, 0.15) is 26.3 Å². The van der Waals surface area contributed by atoms with Crippen LogP contribution in [0.5, 0.6) is 0 Å². The molecule has 0 aromatic heterocycles. The topological polar surface area (TPSA) is 66.5 Å². The van der Waals surface area contributed by atoms with Crippen LogP contribution < -0.4 is 5.32 Å². The molecule has 0 unspecified atom stereocenters. The fourth-order valence-corrected chi connectivity index (χ4v) is 4.84. The van der Waals surface area contributed by atoms with E-state index < -0.39 is 10.0 Å². The normalized spacial score (nSPS) is 12.7. The smallest absolute Gasteiger partial charge is 0.243 e. The van der Waals surface area contributed by atoms with Crippen LogP contribution in [0.25, 0.3) is 0 Å². The van der Waals surface area contributed by atoms with Gasteiger partial charge >= 0.3 is 0 Å². The molecule has 2 aromatic rings. The lowest BCUT2D eigenvalue weighted by atomic mass is 10.2. The van der Waals surface area contributed by atoms with Crippen LogP contribution in [0.3, 0.4) is 0 Å². The zero-order valence-corrected chi connectivity index (χ0v) is 17.5. The first-order chi connectivity index (χ1) is 12.9. The van der Waals surface area contributed by atoms with Gasteiger partial charge in [-0.05, 0) is 36.8 Å². The van der Waals surface area contributed by atoms with E-state index in [1.165, 1.54) is 22.0 Å². The molecule has 1 atom stereocenters. The molecule has 1 amide bonds. The molecule has 0 spiro atoms. The summed E-state index contributed by atoms with van der Waals surface area (Å²) >= 11 is 1.56. The summed E-state index contributed by atoms with van der Waals surface area (Å²) in [5.74, 6) is 0.659. The number of thioether (sulfide) groups is 1. The molecule has 0 saturated carbocycles. The Bertz CT molecular complexity index is 833. The van der Waals surface area contributed by atoms with E-state index in [4.69, 9.17) is 0 Å². The van der Waals surface area contributed by atoms with E-state index in [2.05, 4.69) is 5.32 Å². The first-order valence-electron chi connectivity index (χ1n) is 8.95. The minimum atomic E-state index is -3.49. The number of amides is 1. The highest BCUT2D eigenvalue weighted by atomic mass is 32.2. The monoisotopic (exact) mass is 406 g/mol. The molecular weight excluding hydrogens is 380 g/mol. The van der Waals surface area contributed by atoms with Crippen LogP contribution in [0.2, 0.25) is 0 Å². The molecule has 146 valence electrons. The Morgan fingerprint density at radius 3 is 2.19 bits per heavy atom. The quantitative estimate of drug-likeness (QED) is 0.684. The number of hydrogen-bond acceptors (Lipinski definition) is 4. The van der Waals surface area contributed by atoms with Gasteiger partial charge in [0.15, 0.2) is 0 Å². The van der Waals surface area contributed by atoms with Gasteiger partial charge in [0.2, 0.25) is 15.9 Å². The van der Waals surface area contributed by atoms with Crippen molar-refractivity contribution in [3.63, 3.8) is 0 Å². The largest absolute Gasteiger partial charge is 0.325 e. The van der Waals surface area contributed by atoms with E-state index in [-0.39, 0.29) is 16.1 Å². The maximum absolute atomic E-state index is 12.5. The zero-order valence-electron chi connectivity index (χ0n) is 15.9. The van der Waals surface area contributed by atoms with Crippen LogP contribution in [0.15, 0.2) is 59.5 Å². The Hall–Kier alpha value is -1.83. The van der Waals surface area contributed by atoms with Crippen molar-refractivity contribution in [3.8, 4) is 0 Å². The molecule has 0 saturated heterocycles. The van der Waals surface area contributed by atoms with Gasteiger partial charge in [0.25, 0.3) is 0 Å². The summed E-state index contributed by atoms with van der Waals surface area (Å²) in [4.78, 5) is 12.6. The summed E-state index contributed by atoms with van der Waals surface area (Å²) in [7, 11) is -3.49. The highest BCUT2D eigenvalue weighted by Crippen LogP contribution is 2.21. The Morgan fingerprint density at radius 2 is 1.63 bits per heavy atom. The molecule has 7 heteroatoms. The first-order valence-corrected chi connectivity index (χ1v) is 11.4. The fraction of sp³-hybridized carbons (Fsp3) is 0.350. The summed E-state index contributed by atoms with van der Waals surface area (Å²) < 4.78 is 26.4. The number of sulfonamides is 1. The molecule has 0 heterocycles. The van der Waals surface area contributed by atoms with E-state index in [1.54, 1.807) is 23.9 Å². The third kappa shape index (κ3) is 5.82. The van der Waals surface area contributed by atoms with Gasteiger partial charge in [-0.25, -0.2) is 8.42 Å². The number of carbonyl (C=O) groups is 1. The second kappa shape index (κ2) is 9.92. The van der Waals surface area contributed by atoms with E-state index in [0.29, 0.717) is 18.8 Å². The number of anilines is 1. The molecule has 0 bridgehead atoms. The van der Waals surface area contributed by atoms with Gasteiger partial charge in [0, 0.05) is 24.5 Å². The number of benzene rings is 2. The van der Waals surface area contributed by atoms with Crippen molar-refractivity contribution in [2.75, 3.05) is 18.4 Å². The minimum absolute atomic E-state index is 0.102. The van der Waals surface area contributed by atoms with Crippen molar-refractivity contribution in [1.29, 1.82) is 0 Å².